The summed E-state index contributed by atoms with van der Waals surface area (Å²) in [4.78, 5) is 12.9. The number of ether oxygens (including phenoxy) is 1. The molecule has 0 aliphatic rings. The average Bonchev–Trinajstić information content (AvgIpc) is 2.26. The molecule has 0 fully saturated rings. The molecule has 0 radical (unpaired) electrons. The van der Waals surface area contributed by atoms with Crippen LogP contribution >= 0.6 is 0 Å². The van der Waals surface area contributed by atoms with Crippen LogP contribution in [0.15, 0.2) is 30.3 Å². The average molecular weight is 237 g/mol. The molecule has 1 atom stereocenters. The fourth-order valence-electron chi connectivity index (χ4n) is 1.28. The number of hydrogen-bond acceptors (Lipinski definition) is 3. The number of hydrogen-bond donors (Lipinski definition) is 1. The molecular weight excluding hydrogens is 218 g/mol. The monoisotopic (exact) mass is 237 g/mol. The second-order valence-electron chi connectivity index (χ2n) is 4.88. The number of nitrogens with zero attached hydrogens (tertiary/aromatic N) is 1. The molecule has 1 unspecified atom stereocenters. The Hall–Kier alpha value is -1.55. The largest absolute Gasteiger partial charge is 0.444 e. The van der Waals surface area contributed by atoms with Crippen molar-refractivity contribution >= 4 is 6.09 Å². The van der Waals surface area contributed by atoms with Gasteiger partial charge >= 0.3 is 6.09 Å². The first-order valence-electron chi connectivity index (χ1n) is 5.50. The van der Waals surface area contributed by atoms with Gasteiger partial charge in [0.2, 0.25) is 0 Å². The molecule has 0 bridgehead atoms. The van der Waals surface area contributed by atoms with Crippen molar-refractivity contribution in [1.29, 1.82) is 0 Å². The van der Waals surface area contributed by atoms with Crippen molar-refractivity contribution in [3.8, 4) is 0 Å². The summed E-state index contributed by atoms with van der Waals surface area (Å²) in [6, 6.07) is 8.98. The van der Waals surface area contributed by atoms with Gasteiger partial charge in [-0.2, -0.15) is 0 Å². The highest BCUT2D eigenvalue weighted by Crippen LogP contribution is 2.18. The van der Waals surface area contributed by atoms with Gasteiger partial charge in [0.15, 0.2) is 6.23 Å². The number of carbonyl (C=O) groups excluding carboxylic acids is 1. The summed E-state index contributed by atoms with van der Waals surface area (Å²) in [7, 11) is 1.51. The van der Waals surface area contributed by atoms with E-state index in [0.717, 1.165) is 0 Å². The molecule has 4 heteroatoms. The first-order valence-corrected chi connectivity index (χ1v) is 5.50. The van der Waals surface area contributed by atoms with E-state index in [0.29, 0.717) is 5.56 Å². The smallest absolute Gasteiger partial charge is 0.412 e. The van der Waals surface area contributed by atoms with E-state index in [1.807, 2.05) is 18.2 Å². The highest BCUT2D eigenvalue weighted by Gasteiger charge is 2.24. The maximum absolute atomic E-state index is 11.7. The van der Waals surface area contributed by atoms with Crippen molar-refractivity contribution in [3.63, 3.8) is 0 Å². The SMILES string of the molecule is CN(C(=O)OC(C)(C)C)C(O)c1ccccc1. The van der Waals surface area contributed by atoms with Crippen LogP contribution in [0.2, 0.25) is 0 Å². The quantitative estimate of drug-likeness (QED) is 0.804. The molecule has 0 saturated carbocycles. The van der Waals surface area contributed by atoms with Gasteiger partial charge in [-0.25, -0.2) is 4.79 Å². The Morgan fingerprint density at radius 2 is 1.82 bits per heavy atom. The van der Waals surface area contributed by atoms with Gasteiger partial charge in [-0.05, 0) is 20.8 Å². The number of rotatable bonds is 2. The van der Waals surface area contributed by atoms with Crippen LogP contribution in [-0.2, 0) is 4.74 Å². The van der Waals surface area contributed by atoms with Crippen LogP contribution in [0.1, 0.15) is 32.6 Å². The Bertz CT molecular complexity index is 370. The van der Waals surface area contributed by atoms with Gasteiger partial charge in [-0.1, -0.05) is 30.3 Å². The van der Waals surface area contributed by atoms with Crippen LogP contribution in [0.25, 0.3) is 0 Å². The standard InChI is InChI=1S/C13H19NO3/c1-13(2,3)17-12(16)14(4)11(15)10-8-6-5-7-9-10/h5-9,11,15H,1-4H3. The topological polar surface area (TPSA) is 49.8 Å². The first-order chi connectivity index (χ1) is 7.81. The van der Waals surface area contributed by atoms with E-state index in [4.69, 9.17) is 4.74 Å². The number of aliphatic hydroxyl groups is 1. The molecule has 0 spiro atoms. The van der Waals surface area contributed by atoms with Crippen molar-refractivity contribution in [2.45, 2.75) is 32.6 Å². The van der Waals surface area contributed by atoms with Crippen molar-refractivity contribution in [3.05, 3.63) is 35.9 Å². The van der Waals surface area contributed by atoms with E-state index < -0.39 is 17.9 Å². The molecule has 0 aromatic heterocycles. The highest BCUT2D eigenvalue weighted by molar-refractivity contribution is 5.68. The number of amides is 1. The molecule has 0 aliphatic heterocycles. The Morgan fingerprint density at radius 1 is 1.29 bits per heavy atom. The van der Waals surface area contributed by atoms with Gasteiger partial charge in [0.1, 0.15) is 5.60 Å². The molecular formula is C13H19NO3. The Labute approximate surface area is 102 Å². The van der Waals surface area contributed by atoms with Crippen LogP contribution in [0.4, 0.5) is 4.79 Å². The maximum atomic E-state index is 11.7. The molecule has 4 nitrogen and oxygen atoms in total. The summed E-state index contributed by atoms with van der Waals surface area (Å²) in [5.41, 5.74) is 0.0859. The van der Waals surface area contributed by atoms with Gasteiger partial charge in [0, 0.05) is 12.6 Å². The van der Waals surface area contributed by atoms with Crippen molar-refractivity contribution in [2.75, 3.05) is 7.05 Å². The lowest BCUT2D eigenvalue weighted by Crippen LogP contribution is -2.36. The molecule has 1 rings (SSSR count). The van der Waals surface area contributed by atoms with Gasteiger partial charge in [0.05, 0.1) is 0 Å². The van der Waals surface area contributed by atoms with Gasteiger partial charge in [-0.3, -0.25) is 4.90 Å². The molecule has 0 saturated heterocycles. The molecule has 94 valence electrons. The Kier molecular flexibility index (Phi) is 4.12. The van der Waals surface area contributed by atoms with Crippen molar-refractivity contribution in [1.82, 2.24) is 4.90 Å². The lowest BCUT2D eigenvalue weighted by Gasteiger charge is -2.27. The summed E-state index contributed by atoms with van der Waals surface area (Å²) in [5, 5.41) is 9.98. The van der Waals surface area contributed by atoms with E-state index >= 15 is 0 Å². The third-order valence-electron chi connectivity index (χ3n) is 2.15. The molecule has 1 aromatic carbocycles. The van der Waals surface area contributed by atoms with Crippen molar-refractivity contribution in [2.24, 2.45) is 0 Å². The van der Waals surface area contributed by atoms with Gasteiger partial charge < -0.3 is 9.84 Å². The lowest BCUT2D eigenvalue weighted by atomic mass is 10.2. The zero-order valence-electron chi connectivity index (χ0n) is 10.7. The molecule has 1 amide bonds. The normalized spacial score (nSPS) is 13.0. The minimum absolute atomic E-state index is 0.547. The third-order valence-corrected chi connectivity index (χ3v) is 2.15. The molecule has 0 heterocycles. The van der Waals surface area contributed by atoms with Crippen LogP contribution in [-0.4, -0.2) is 28.7 Å². The summed E-state index contributed by atoms with van der Waals surface area (Å²) < 4.78 is 5.17. The molecule has 1 N–H and O–H groups in total. The molecule has 0 aliphatic carbocycles. The summed E-state index contributed by atoms with van der Waals surface area (Å²) >= 11 is 0. The zero-order chi connectivity index (χ0) is 13.1. The van der Waals surface area contributed by atoms with E-state index in [9.17, 15) is 9.90 Å². The van der Waals surface area contributed by atoms with Gasteiger partial charge in [0.25, 0.3) is 0 Å². The second-order valence-corrected chi connectivity index (χ2v) is 4.88. The third kappa shape index (κ3) is 4.07. The fraction of sp³-hybridized carbons (Fsp3) is 0.462. The van der Waals surface area contributed by atoms with Crippen LogP contribution in [0.5, 0.6) is 0 Å². The number of carbonyl (C=O) groups is 1. The maximum Gasteiger partial charge on any atom is 0.412 e. The van der Waals surface area contributed by atoms with Crippen LogP contribution in [0, 0.1) is 0 Å². The van der Waals surface area contributed by atoms with Gasteiger partial charge in [-0.15, -0.1) is 0 Å². The fourth-order valence-corrected chi connectivity index (χ4v) is 1.28. The lowest BCUT2D eigenvalue weighted by molar-refractivity contribution is -0.0209. The highest BCUT2D eigenvalue weighted by atomic mass is 16.6. The Balaban J connectivity index is 2.70. The molecule has 1 aromatic rings. The minimum atomic E-state index is -0.994. The minimum Gasteiger partial charge on any atom is -0.444 e. The summed E-state index contributed by atoms with van der Waals surface area (Å²) in [6.45, 7) is 5.36. The Morgan fingerprint density at radius 3 is 2.29 bits per heavy atom. The van der Waals surface area contributed by atoms with E-state index in [1.54, 1.807) is 32.9 Å². The van der Waals surface area contributed by atoms with E-state index in [2.05, 4.69) is 0 Å². The van der Waals surface area contributed by atoms with E-state index in [-0.39, 0.29) is 0 Å². The summed E-state index contributed by atoms with van der Waals surface area (Å²) in [5.74, 6) is 0. The first kappa shape index (κ1) is 13.5. The van der Waals surface area contributed by atoms with Crippen LogP contribution < -0.4 is 0 Å². The number of aliphatic hydroxyl groups excluding tert-OH is 1. The zero-order valence-corrected chi connectivity index (χ0v) is 10.7. The summed E-state index contributed by atoms with van der Waals surface area (Å²) in [6.07, 6.45) is -1.54. The van der Waals surface area contributed by atoms with E-state index in [1.165, 1.54) is 11.9 Å². The van der Waals surface area contributed by atoms with Crippen molar-refractivity contribution < 1.29 is 14.6 Å². The second kappa shape index (κ2) is 5.19. The molecule has 17 heavy (non-hydrogen) atoms. The predicted octanol–water partition coefficient (Wildman–Crippen LogP) is 2.54. The number of benzene rings is 1. The van der Waals surface area contributed by atoms with Crippen LogP contribution in [0.3, 0.4) is 0 Å². The predicted molar refractivity (Wildman–Crippen MR) is 65.4 cm³/mol.